The van der Waals surface area contributed by atoms with Crippen molar-refractivity contribution in [1.82, 2.24) is 25.7 Å². The molecule has 1 unspecified atom stereocenters. The maximum atomic E-state index is 5.41. The number of benzene rings is 1. The van der Waals surface area contributed by atoms with E-state index >= 15 is 0 Å². The first kappa shape index (κ1) is 19.2. The van der Waals surface area contributed by atoms with Crippen LogP contribution in [0.4, 0.5) is 0 Å². The first-order chi connectivity index (χ1) is 13.2. The molecule has 1 aromatic carbocycles. The van der Waals surface area contributed by atoms with E-state index in [2.05, 4.69) is 42.8 Å². The molecule has 27 heavy (non-hydrogen) atoms. The zero-order valence-corrected chi connectivity index (χ0v) is 16.2. The maximum Gasteiger partial charge on any atom is 0.246 e. The fraction of sp³-hybridized carbons (Fsp3) is 0.526. The smallest absolute Gasteiger partial charge is 0.246 e. The van der Waals surface area contributed by atoms with Gasteiger partial charge >= 0.3 is 0 Å². The van der Waals surface area contributed by atoms with E-state index in [1.807, 2.05) is 12.1 Å². The molecule has 1 aliphatic rings. The molecule has 0 saturated carbocycles. The Morgan fingerprint density at radius 1 is 1.33 bits per heavy atom. The summed E-state index contributed by atoms with van der Waals surface area (Å²) >= 11 is 0. The molecule has 0 bridgehead atoms. The Kier molecular flexibility index (Phi) is 6.64. The Labute approximate surface area is 160 Å². The van der Waals surface area contributed by atoms with Crippen molar-refractivity contribution in [3.05, 3.63) is 41.5 Å². The topological polar surface area (TPSA) is 87.8 Å². The summed E-state index contributed by atoms with van der Waals surface area (Å²) in [6, 6.07) is 8.55. The van der Waals surface area contributed by atoms with Gasteiger partial charge in [0.1, 0.15) is 5.75 Å². The normalized spacial score (nSPS) is 16.3. The average molecular weight is 372 g/mol. The Morgan fingerprint density at radius 3 is 2.81 bits per heavy atom. The molecule has 0 amide bonds. The Bertz CT molecular complexity index is 754. The van der Waals surface area contributed by atoms with Gasteiger partial charge in [0, 0.05) is 13.6 Å². The number of hydrogen-bond donors (Lipinski definition) is 2. The van der Waals surface area contributed by atoms with Gasteiger partial charge in [-0.2, -0.15) is 4.98 Å². The van der Waals surface area contributed by atoms with E-state index in [4.69, 9.17) is 9.26 Å². The van der Waals surface area contributed by atoms with E-state index in [0.29, 0.717) is 24.2 Å². The van der Waals surface area contributed by atoms with Crippen molar-refractivity contribution in [2.45, 2.75) is 32.4 Å². The van der Waals surface area contributed by atoms with Crippen LogP contribution in [0.3, 0.4) is 0 Å². The van der Waals surface area contributed by atoms with E-state index in [1.165, 1.54) is 18.4 Å². The van der Waals surface area contributed by atoms with Crippen molar-refractivity contribution >= 4 is 5.96 Å². The number of guanidine groups is 1. The molecule has 1 aliphatic heterocycles. The van der Waals surface area contributed by atoms with Crippen LogP contribution in [0.2, 0.25) is 0 Å². The minimum atomic E-state index is 0.256. The van der Waals surface area contributed by atoms with Gasteiger partial charge in [-0.3, -0.25) is 9.89 Å². The zero-order valence-electron chi connectivity index (χ0n) is 16.2. The van der Waals surface area contributed by atoms with Crippen LogP contribution < -0.4 is 15.4 Å². The molecule has 1 atom stereocenters. The summed E-state index contributed by atoms with van der Waals surface area (Å²) < 4.78 is 10.5. The number of aliphatic imine (C=N–C) groups is 1. The molecule has 8 heteroatoms. The van der Waals surface area contributed by atoms with Gasteiger partial charge in [-0.05, 0) is 50.6 Å². The summed E-state index contributed by atoms with van der Waals surface area (Å²) in [5.41, 5.74) is 1.24. The number of methoxy groups -OCH3 is 1. The van der Waals surface area contributed by atoms with E-state index in [-0.39, 0.29) is 6.04 Å². The number of ether oxygens (including phenoxy) is 1. The fourth-order valence-electron chi connectivity index (χ4n) is 3.34. The van der Waals surface area contributed by atoms with Gasteiger partial charge in [0.15, 0.2) is 11.8 Å². The summed E-state index contributed by atoms with van der Waals surface area (Å²) in [6.45, 7) is 5.20. The molecule has 2 heterocycles. The van der Waals surface area contributed by atoms with Crippen LogP contribution in [0.5, 0.6) is 5.75 Å². The zero-order chi connectivity index (χ0) is 19.1. The third-order valence-corrected chi connectivity index (χ3v) is 4.72. The highest BCUT2D eigenvalue weighted by Crippen LogP contribution is 2.27. The van der Waals surface area contributed by atoms with Crippen LogP contribution in [0.25, 0.3) is 0 Å². The monoisotopic (exact) mass is 372 g/mol. The van der Waals surface area contributed by atoms with Gasteiger partial charge in [-0.25, -0.2) is 0 Å². The molecule has 1 saturated heterocycles. The van der Waals surface area contributed by atoms with Crippen molar-refractivity contribution in [1.29, 1.82) is 0 Å². The Hall–Kier alpha value is -2.61. The molecule has 2 N–H and O–H groups in total. The standard InChI is InChI=1S/C19H28N6O2/c1-14-23-18(27-24-14)13-22-19(20-2)21-12-17(25-9-4-5-10-25)15-7-6-8-16(11-15)26-3/h6-8,11,17H,4-5,9-10,12-13H2,1-3H3,(H2,20,21,22). The van der Waals surface area contributed by atoms with Crippen LogP contribution in [0.15, 0.2) is 33.8 Å². The van der Waals surface area contributed by atoms with Crippen LogP contribution in [-0.4, -0.2) is 54.8 Å². The second-order valence-electron chi connectivity index (χ2n) is 6.58. The van der Waals surface area contributed by atoms with E-state index in [1.54, 1.807) is 21.1 Å². The van der Waals surface area contributed by atoms with Gasteiger partial charge in [0.25, 0.3) is 0 Å². The predicted octanol–water partition coefficient (Wildman–Crippen LogP) is 1.89. The van der Waals surface area contributed by atoms with Crippen LogP contribution in [0, 0.1) is 6.92 Å². The van der Waals surface area contributed by atoms with Crippen molar-refractivity contribution in [3.63, 3.8) is 0 Å². The summed E-state index contributed by atoms with van der Waals surface area (Å²) in [4.78, 5) is 11.0. The number of aryl methyl sites for hydroxylation is 1. The third kappa shape index (κ3) is 5.19. The molecule has 1 fully saturated rings. The molecular weight excluding hydrogens is 344 g/mol. The number of likely N-dealkylation sites (tertiary alicyclic amines) is 1. The lowest BCUT2D eigenvalue weighted by atomic mass is 10.1. The van der Waals surface area contributed by atoms with E-state index < -0.39 is 0 Å². The highest BCUT2D eigenvalue weighted by molar-refractivity contribution is 5.79. The largest absolute Gasteiger partial charge is 0.497 e. The lowest BCUT2D eigenvalue weighted by molar-refractivity contribution is 0.245. The van der Waals surface area contributed by atoms with Gasteiger partial charge in [-0.15, -0.1) is 0 Å². The van der Waals surface area contributed by atoms with Gasteiger partial charge in [-0.1, -0.05) is 17.3 Å². The fourth-order valence-corrected chi connectivity index (χ4v) is 3.34. The molecule has 146 valence electrons. The van der Waals surface area contributed by atoms with E-state index in [0.717, 1.165) is 25.4 Å². The summed E-state index contributed by atoms with van der Waals surface area (Å²) in [5.74, 6) is 2.75. The average Bonchev–Trinajstić information content (AvgIpc) is 3.36. The van der Waals surface area contributed by atoms with Crippen molar-refractivity contribution in [2.24, 2.45) is 4.99 Å². The molecule has 0 spiro atoms. The number of hydrogen-bond acceptors (Lipinski definition) is 6. The molecule has 1 aromatic heterocycles. The minimum absolute atomic E-state index is 0.256. The van der Waals surface area contributed by atoms with Crippen LogP contribution in [-0.2, 0) is 6.54 Å². The molecule has 8 nitrogen and oxygen atoms in total. The second-order valence-corrected chi connectivity index (χ2v) is 6.58. The predicted molar refractivity (Wildman–Crippen MR) is 104 cm³/mol. The van der Waals surface area contributed by atoms with Crippen molar-refractivity contribution < 1.29 is 9.26 Å². The quantitative estimate of drug-likeness (QED) is 0.567. The van der Waals surface area contributed by atoms with Crippen LogP contribution in [0.1, 0.15) is 36.2 Å². The summed E-state index contributed by atoms with van der Waals surface area (Å²) in [6.07, 6.45) is 2.48. The van der Waals surface area contributed by atoms with Gasteiger partial charge in [0.05, 0.1) is 19.7 Å². The molecule has 3 rings (SSSR count). The first-order valence-corrected chi connectivity index (χ1v) is 9.31. The van der Waals surface area contributed by atoms with Crippen molar-refractivity contribution in [3.8, 4) is 5.75 Å². The number of aromatic nitrogens is 2. The van der Waals surface area contributed by atoms with E-state index in [9.17, 15) is 0 Å². The third-order valence-electron chi connectivity index (χ3n) is 4.72. The second kappa shape index (κ2) is 9.36. The Balaban J connectivity index is 1.64. The first-order valence-electron chi connectivity index (χ1n) is 9.31. The molecular formula is C19H28N6O2. The molecule has 2 aromatic rings. The van der Waals surface area contributed by atoms with Gasteiger partial charge < -0.3 is 19.9 Å². The number of rotatable bonds is 7. The minimum Gasteiger partial charge on any atom is -0.497 e. The number of nitrogens with one attached hydrogen (secondary N) is 2. The molecule has 0 radical (unpaired) electrons. The summed E-state index contributed by atoms with van der Waals surface area (Å²) in [7, 11) is 3.46. The van der Waals surface area contributed by atoms with Crippen LogP contribution >= 0.6 is 0 Å². The SMILES string of the molecule is CN=C(NCc1nc(C)no1)NCC(c1cccc(OC)c1)N1CCCC1. The van der Waals surface area contributed by atoms with Crippen molar-refractivity contribution in [2.75, 3.05) is 33.8 Å². The number of nitrogens with zero attached hydrogens (tertiary/aromatic N) is 4. The Morgan fingerprint density at radius 2 is 2.15 bits per heavy atom. The summed E-state index contributed by atoms with van der Waals surface area (Å²) in [5, 5.41) is 10.4. The highest BCUT2D eigenvalue weighted by Gasteiger charge is 2.24. The lowest BCUT2D eigenvalue weighted by Gasteiger charge is -2.29. The lowest BCUT2D eigenvalue weighted by Crippen LogP contribution is -2.42. The molecule has 0 aliphatic carbocycles. The highest BCUT2D eigenvalue weighted by atomic mass is 16.5. The van der Waals surface area contributed by atoms with Gasteiger partial charge in [0.2, 0.25) is 5.89 Å². The maximum absolute atomic E-state index is 5.41.